The number of hydrogen-bond acceptors (Lipinski definition) is 7. The van der Waals surface area contributed by atoms with E-state index in [-0.39, 0.29) is 5.91 Å². The fourth-order valence-corrected chi connectivity index (χ4v) is 5.34. The smallest absolute Gasteiger partial charge is 0.298 e. The largest absolute Gasteiger partial charge is 0.379 e. The third kappa shape index (κ3) is 4.09. The Labute approximate surface area is 185 Å². The van der Waals surface area contributed by atoms with Gasteiger partial charge < -0.3 is 9.30 Å². The normalized spacial score (nSPS) is 16.7. The van der Waals surface area contributed by atoms with E-state index in [1.807, 2.05) is 9.47 Å². The van der Waals surface area contributed by atoms with Gasteiger partial charge >= 0.3 is 0 Å². The number of aryl methyl sites for hydroxylation is 3. The van der Waals surface area contributed by atoms with Crippen LogP contribution in [0.5, 0.6) is 0 Å². The highest BCUT2D eigenvalue weighted by molar-refractivity contribution is 7.22. The maximum Gasteiger partial charge on any atom is 0.298 e. The van der Waals surface area contributed by atoms with Crippen LogP contribution in [0.1, 0.15) is 40.4 Å². The summed E-state index contributed by atoms with van der Waals surface area (Å²) >= 11 is 1.58. The number of benzene rings is 1. The Morgan fingerprint density at radius 3 is 2.81 bits per heavy atom. The van der Waals surface area contributed by atoms with Crippen LogP contribution in [0.15, 0.2) is 12.1 Å². The Bertz CT molecular complexity index is 1060. The number of carbonyl (C=O) groups excluding carboxylic acids is 1. The van der Waals surface area contributed by atoms with Gasteiger partial charge in [0, 0.05) is 39.1 Å². The molecule has 3 aromatic rings. The van der Waals surface area contributed by atoms with Crippen molar-refractivity contribution in [2.75, 3.05) is 44.3 Å². The summed E-state index contributed by atoms with van der Waals surface area (Å²) in [7, 11) is 0. The van der Waals surface area contributed by atoms with Crippen molar-refractivity contribution in [2.45, 2.75) is 39.7 Å². The van der Waals surface area contributed by atoms with Crippen molar-refractivity contribution in [3.8, 4) is 0 Å². The molecule has 1 fully saturated rings. The highest BCUT2D eigenvalue weighted by Crippen LogP contribution is 2.32. The SMILES string of the molecule is Cc1cc2nc(N(CCCN3CCOCC3)C(=O)c3nnc4n3CCC4)sc2cc1C. The number of thiazole rings is 1. The Kier molecular flexibility index (Phi) is 5.73. The minimum Gasteiger partial charge on any atom is -0.379 e. The van der Waals surface area contributed by atoms with E-state index >= 15 is 0 Å². The van der Waals surface area contributed by atoms with Crippen molar-refractivity contribution in [1.29, 1.82) is 0 Å². The lowest BCUT2D eigenvalue weighted by molar-refractivity contribution is 0.0376. The molecule has 0 atom stereocenters. The molecule has 1 amide bonds. The first-order valence-electron chi connectivity index (χ1n) is 11.0. The van der Waals surface area contributed by atoms with Gasteiger partial charge in [0.15, 0.2) is 5.13 Å². The van der Waals surface area contributed by atoms with Crippen LogP contribution in [-0.4, -0.2) is 69.9 Å². The fourth-order valence-electron chi connectivity index (χ4n) is 4.27. The van der Waals surface area contributed by atoms with Gasteiger partial charge in [0.05, 0.1) is 23.4 Å². The zero-order chi connectivity index (χ0) is 21.4. The first-order chi connectivity index (χ1) is 15.1. The Balaban J connectivity index is 1.42. The van der Waals surface area contributed by atoms with Crippen molar-refractivity contribution in [1.82, 2.24) is 24.6 Å². The van der Waals surface area contributed by atoms with E-state index in [0.717, 1.165) is 79.8 Å². The van der Waals surface area contributed by atoms with Gasteiger partial charge in [-0.2, -0.15) is 0 Å². The number of aromatic nitrogens is 4. The van der Waals surface area contributed by atoms with Crippen LogP contribution in [-0.2, 0) is 17.7 Å². The van der Waals surface area contributed by atoms with Crippen LogP contribution in [0.3, 0.4) is 0 Å². The molecule has 31 heavy (non-hydrogen) atoms. The van der Waals surface area contributed by atoms with E-state index in [1.54, 1.807) is 11.3 Å². The second kappa shape index (κ2) is 8.64. The monoisotopic (exact) mass is 440 g/mol. The summed E-state index contributed by atoms with van der Waals surface area (Å²) in [4.78, 5) is 22.6. The molecule has 8 nitrogen and oxygen atoms in total. The van der Waals surface area contributed by atoms with Crippen LogP contribution in [0, 0.1) is 13.8 Å². The summed E-state index contributed by atoms with van der Waals surface area (Å²) in [6.07, 6.45) is 2.78. The topological polar surface area (TPSA) is 76.4 Å². The number of carbonyl (C=O) groups is 1. The molecule has 2 aromatic heterocycles. The van der Waals surface area contributed by atoms with Gasteiger partial charge in [0.1, 0.15) is 5.82 Å². The lowest BCUT2D eigenvalue weighted by Gasteiger charge is -2.27. The predicted molar refractivity (Wildman–Crippen MR) is 121 cm³/mol. The van der Waals surface area contributed by atoms with Gasteiger partial charge in [-0.1, -0.05) is 11.3 Å². The quantitative estimate of drug-likeness (QED) is 0.587. The summed E-state index contributed by atoms with van der Waals surface area (Å²) < 4.78 is 8.52. The average Bonchev–Trinajstić information content (AvgIpc) is 3.48. The van der Waals surface area contributed by atoms with Crippen LogP contribution >= 0.6 is 11.3 Å². The molecule has 0 spiro atoms. The molecule has 0 aliphatic carbocycles. The van der Waals surface area contributed by atoms with Crippen molar-refractivity contribution in [2.24, 2.45) is 0 Å². The molecule has 0 radical (unpaired) electrons. The molecular formula is C22H28N6O2S. The molecule has 1 saturated heterocycles. The summed E-state index contributed by atoms with van der Waals surface area (Å²) in [6, 6.07) is 4.27. The minimum atomic E-state index is -0.102. The molecule has 9 heteroatoms. The van der Waals surface area contributed by atoms with E-state index in [4.69, 9.17) is 9.72 Å². The second-order valence-corrected chi connectivity index (χ2v) is 9.37. The zero-order valence-corrected chi connectivity index (χ0v) is 19.0. The number of rotatable bonds is 6. The van der Waals surface area contributed by atoms with Crippen molar-refractivity contribution in [3.05, 3.63) is 34.9 Å². The maximum atomic E-state index is 13.6. The van der Waals surface area contributed by atoms with Gasteiger partial charge in [-0.05, 0) is 49.9 Å². The molecule has 0 saturated carbocycles. The molecule has 2 aliphatic heterocycles. The van der Waals surface area contributed by atoms with E-state index in [1.165, 1.54) is 11.1 Å². The summed E-state index contributed by atoms with van der Waals surface area (Å²) in [5.41, 5.74) is 3.40. The number of hydrogen-bond donors (Lipinski definition) is 0. The van der Waals surface area contributed by atoms with Crippen LogP contribution < -0.4 is 4.90 Å². The highest BCUT2D eigenvalue weighted by Gasteiger charge is 2.29. The molecule has 4 heterocycles. The van der Waals surface area contributed by atoms with Gasteiger partial charge in [-0.15, -0.1) is 10.2 Å². The number of morpholine rings is 1. The second-order valence-electron chi connectivity index (χ2n) is 8.36. The van der Waals surface area contributed by atoms with Crippen LogP contribution in [0.25, 0.3) is 10.2 Å². The lowest BCUT2D eigenvalue weighted by atomic mass is 10.1. The van der Waals surface area contributed by atoms with Crippen molar-refractivity contribution in [3.63, 3.8) is 0 Å². The third-order valence-corrected chi connectivity index (χ3v) is 7.27. The highest BCUT2D eigenvalue weighted by atomic mass is 32.1. The molecular weight excluding hydrogens is 412 g/mol. The zero-order valence-electron chi connectivity index (χ0n) is 18.1. The third-order valence-electron chi connectivity index (χ3n) is 6.23. The molecule has 5 rings (SSSR count). The number of fused-ring (bicyclic) bond motifs is 2. The molecule has 2 aliphatic rings. The Hall–Kier alpha value is -2.36. The fraction of sp³-hybridized carbons (Fsp3) is 0.545. The van der Waals surface area contributed by atoms with Crippen LogP contribution in [0.4, 0.5) is 5.13 Å². The summed E-state index contributed by atoms with van der Waals surface area (Å²) in [6.45, 7) is 10.0. The van der Waals surface area contributed by atoms with Crippen molar-refractivity contribution >= 4 is 32.6 Å². The molecule has 0 unspecified atom stereocenters. The van der Waals surface area contributed by atoms with Gasteiger partial charge in [-0.25, -0.2) is 4.98 Å². The Morgan fingerprint density at radius 2 is 1.97 bits per heavy atom. The minimum absolute atomic E-state index is 0.102. The molecule has 1 aromatic carbocycles. The van der Waals surface area contributed by atoms with Crippen LogP contribution in [0.2, 0.25) is 0 Å². The standard InChI is InChI=1S/C22H28N6O2S/c1-15-13-17-18(14-16(15)2)31-22(23-17)28(8-4-6-26-9-11-30-12-10-26)21(29)20-25-24-19-5-3-7-27(19)20/h13-14H,3-12H2,1-2H3. The lowest BCUT2D eigenvalue weighted by Crippen LogP contribution is -2.39. The Morgan fingerprint density at radius 1 is 1.16 bits per heavy atom. The van der Waals surface area contributed by atoms with E-state index in [0.29, 0.717) is 12.4 Å². The molecule has 164 valence electrons. The number of nitrogens with zero attached hydrogens (tertiary/aromatic N) is 6. The summed E-state index contributed by atoms with van der Waals surface area (Å²) in [5, 5.41) is 9.21. The number of ether oxygens (including phenoxy) is 1. The number of amides is 1. The predicted octanol–water partition coefficient (Wildman–Crippen LogP) is 2.82. The van der Waals surface area contributed by atoms with Gasteiger partial charge in [-0.3, -0.25) is 14.6 Å². The van der Waals surface area contributed by atoms with Gasteiger partial charge in [0.2, 0.25) is 5.82 Å². The van der Waals surface area contributed by atoms with Gasteiger partial charge in [0.25, 0.3) is 5.91 Å². The number of anilines is 1. The van der Waals surface area contributed by atoms with E-state index in [9.17, 15) is 4.79 Å². The average molecular weight is 441 g/mol. The molecule has 0 N–H and O–H groups in total. The first kappa shape index (κ1) is 20.5. The van der Waals surface area contributed by atoms with E-state index in [2.05, 4.69) is 41.1 Å². The van der Waals surface area contributed by atoms with Crippen molar-refractivity contribution < 1.29 is 9.53 Å². The first-order valence-corrected chi connectivity index (χ1v) is 11.8. The van der Waals surface area contributed by atoms with E-state index < -0.39 is 0 Å². The maximum absolute atomic E-state index is 13.6. The summed E-state index contributed by atoms with van der Waals surface area (Å²) in [5.74, 6) is 1.24. The molecule has 0 bridgehead atoms.